The van der Waals surface area contributed by atoms with Crippen LogP contribution in [-0.4, -0.2) is 33.5 Å². The van der Waals surface area contributed by atoms with Gasteiger partial charge in [0.1, 0.15) is 5.82 Å². The molecule has 0 aromatic carbocycles. The average molecular weight is 207 g/mol. The normalized spacial score (nSPS) is 20.1. The third kappa shape index (κ3) is 2.03. The van der Waals surface area contributed by atoms with Crippen LogP contribution < -0.4 is 5.73 Å². The number of fused-ring (bicyclic) bond motifs is 1. The van der Waals surface area contributed by atoms with Crippen LogP contribution in [0.15, 0.2) is 6.20 Å². The fraction of sp³-hybridized carbons (Fsp3) is 0.500. The molecule has 0 amide bonds. The second-order valence-corrected chi connectivity index (χ2v) is 3.67. The number of hydrogen-bond acceptors (Lipinski definition) is 5. The van der Waals surface area contributed by atoms with Gasteiger partial charge in [-0.2, -0.15) is 0 Å². The molecule has 3 N–H and O–H groups in total. The third-order valence-corrected chi connectivity index (χ3v) is 2.44. The summed E-state index contributed by atoms with van der Waals surface area (Å²) in [6.45, 7) is 0.481. The van der Waals surface area contributed by atoms with E-state index in [0.29, 0.717) is 36.5 Å². The Bertz CT molecular complexity index is 392. The summed E-state index contributed by atoms with van der Waals surface area (Å²) in [5.41, 5.74) is 6.59. The average Bonchev–Trinajstić information content (AvgIpc) is 2.17. The maximum absolute atomic E-state index is 11.5. The molecule has 1 aliphatic rings. The number of aliphatic hydroxyl groups is 1. The number of aliphatic hydroxyl groups excluding tert-OH is 1. The predicted molar refractivity (Wildman–Crippen MR) is 53.4 cm³/mol. The van der Waals surface area contributed by atoms with Crippen LogP contribution in [0, 0.1) is 0 Å². The Labute approximate surface area is 87.4 Å². The summed E-state index contributed by atoms with van der Waals surface area (Å²) in [6, 6.07) is 0. The Morgan fingerprint density at radius 2 is 2.33 bits per heavy atom. The van der Waals surface area contributed by atoms with Gasteiger partial charge in [0.15, 0.2) is 5.78 Å². The summed E-state index contributed by atoms with van der Waals surface area (Å²) in [6.07, 6.45) is 2.14. The van der Waals surface area contributed by atoms with Crippen molar-refractivity contribution in [1.82, 2.24) is 9.97 Å². The minimum atomic E-state index is -0.606. The Hall–Kier alpha value is -1.33. The second-order valence-electron chi connectivity index (χ2n) is 3.67. The van der Waals surface area contributed by atoms with E-state index in [1.165, 1.54) is 0 Å². The van der Waals surface area contributed by atoms with E-state index in [4.69, 9.17) is 5.73 Å². The van der Waals surface area contributed by atoms with Crippen LogP contribution in [0.1, 0.15) is 28.3 Å². The lowest BCUT2D eigenvalue weighted by atomic mass is 9.94. The zero-order valence-corrected chi connectivity index (χ0v) is 8.31. The van der Waals surface area contributed by atoms with Gasteiger partial charge in [0.05, 0.1) is 17.4 Å². The first-order valence-electron chi connectivity index (χ1n) is 4.97. The molecule has 80 valence electrons. The molecule has 0 spiro atoms. The van der Waals surface area contributed by atoms with E-state index in [2.05, 4.69) is 9.97 Å². The number of Topliss-reactive ketones (excluding diaryl/α,β-unsaturated/α-hetero) is 1. The number of nitrogens with two attached hydrogens (primary N) is 1. The molecule has 1 aliphatic carbocycles. The van der Waals surface area contributed by atoms with E-state index in [0.717, 1.165) is 0 Å². The lowest BCUT2D eigenvalue weighted by Gasteiger charge is -2.18. The largest absolute Gasteiger partial charge is 0.392 e. The third-order valence-electron chi connectivity index (χ3n) is 2.44. The number of rotatable bonds is 2. The molecule has 1 aromatic rings. The molecule has 1 heterocycles. The molecule has 15 heavy (non-hydrogen) atoms. The molecule has 1 atom stereocenters. The first kappa shape index (κ1) is 10.2. The molecule has 0 saturated carbocycles. The minimum Gasteiger partial charge on any atom is -0.392 e. The Balaban J connectivity index is 2.34. The highest BCUT2D eigenvalue weighted by molar-refractivity contribution is 5.98. The van der Waals surface area contributed by atoms with Crippen molar-refractivity contribution in [2.24, 2.45) is 5.73 Å². The molecule has 0 fully saturated rings. The van der Waals surface area contributed by atoms with Crippen LogP contribution in [0.25, 0.3) is 0 Å². The maximum atomic E-state index is 11.5. The topological polar surface area (TPSA) is 89.1 Å². The SMILES string of the molecule is NCCc1ncc2c(n1)CC(O)CC2=O. The number of hydrogen-bond donors (Lipinski definition) is 2. The molecule has 0 aliphatic heterocycles. The predicted octanol–water partition coefficient (Wildman–Crippen LogP) is -0.532. The number of aromatic nitrogens is 2. The summed E-state index contributed by atoms with van der Waals surface area (Å²) in [7, 11) is 0. The van der Waals surface area contributed by atoms with Crippen LogP contribution in [-0.2, 0) is 12.8 Å². The fourth-order valence-electron chi connectivity index (χ4n) is 1.72. The summed E-state index contributed by atoms with van der Waals surface area (Å²) in [5.74, 6) is 0.557. The van der Waals surface area contributed by atoms with E-state index < -0.39 is 6.10 Å². The van der Waals surface area contributed by atoms with Crippen LogP contribution in [0.5, 0.6) is 0 Å². The second kappa shape index (κ2) is 4.04. The van der Waals surface area contributed by atoms with Gasteiger partial charge in [0.25, 0.3) is 0 Å². The molecule has 0 bridgehead atoms. The first-order valence-corrected chi connectivity index (χ1v) is 4.97. The molecule has 0 radical (unpaired) electrons. The van der Waals surface area contributed by atoms with Gasteiger partial charge in [-0.15, -0.1) is 0 Å². The highest BCUT2D eigenvalue weighted by Gasteiger charge is 2.25. The van der Waals surface area contributed by atoms with Gasteiger partial charge in [-0.25, -0.2) is 9.97 Å². The Kier molecular flexibility index (Phi) is 2.75. The zero-order chi connectivity index (χ0) is 10.8. The highest BCUT2D eigenvalue weighted by atomic mass is 16.3. The quantitative estimate of drug-likeness (QED) is 0.680. The van der Waals surface area contributed by atoms with E-state index in [1.54, 1.807) is 6.20 Å². The summed E-state index contributed by atoms with van der Waals surface area (Å²) < 4.78 is 0. The van der Waals surface area contributed by atoms with E-state index in [1.807, 2.05) is 0 Å². The standard InChI is InChI=1S/C10H13N3O2/c11-2-1-10-12-5-7-8(13-10)3-6(14)4-9(7)15/h5-6,14H,1-4,11H2. The van der Waals surface area contributed by atoms with Gasteiger partial charge in [0.2, 0.25) is 0 Å². The molecular formula is C10H13N3O2. The first-order chi connectivity index (χ1) is 7.20. The van der Waals surface area contributed by atoms with E-state index >= 15 is 0 Å². The van der Waals surface area contributed by atoms with Gasteiger partial charge in [-0.3, -0.25) is 4.79 Å². The molecule has 2 rings (SSSR count). The minimum absolute atomic E-state index is 0.0805. The van der Waals surface area contributed by atoms with Crippen molar-refractivity contribution in [2.45, 2.75) is 25.4 Å². The number of carbonyl (C=O) groups excluding carboxylic acids is 1. The van der Waals surface area contributed by atoms with Crippen molar-refractivity contribution < 1.29 is 9.90 Å². The van der Waals surface area contributed by atoms with Gasteiger partial charge in [-0.1, -0.05) is 0 Å². The molecule has 5 nitrogen and oxygen atoms in total. The summed E-state index contributed by atoms with van der Waals surface area (Å²) >= 11 is 0. The van der Waals surface area contributed by atoms with Gasteiger partial charge >= 0.3 is 0 Å². The van der Waals surface area contributed by atoms with Crippen molar-refractivity contribution in [2.75, 3.05) is 6.54 Å². The number of ketones is 1. The molecule has 5 heteroatoms. The zero-order valence-electron chi connectivity index (χ0n) is 8.31. The lowest BCUT2D eigenvalue weighted by Crippen LogP contribution is -2.26. The number of nitrogens with zero attached hydrogens (tertiary/aromatic N) is 2. The van der Waals surface area contributed by atoms with Crippen LogP contribution in [0.3, 0.4) is 0 Å². The van der Waals surface area contributed by atoms with Crippen molar-refractivity contribution in [3.8, 4) is 0 Å². The fourth-order valence-corrected chi connectivity index (χ4v) is 1.72. The Morgan fingerprint density at radius 3 is 3.07 bits per heavy atom. The molecule has 0 saturated heterocycles. The Morgan fingerprint density at radius 1 is 1.53 bits per heavy atom. The summed E-state index contributed by atoms with van der Waals surface area (Å²) in [5, 5.41) is 9.44. The molecule has 1 aromatic heterocycles. The van der Waals surface area contributed by atoms with Gasteiger partial charge in [-0.05, 0) is 6.54 Å². The molecule has 1 unspecified atom stereocenters. The van der Waals surface area contributed by atoms with E-state index in [9.17, 15) is 9.90 Å². The van der Waals surface area contributed by atoms with Crippen LogP contribution >= 0.6 is 0 Å². The smallest absolute Gasteiger partial charge is 0.168 e. The maximum Gasteiger partial charge on any atom is 0.168 e. The van der Waals surface area contributed by atoms with Crippen molar-refractivity contribution >= 4 is 5.78 Å². The van der Waals surface area contributed by atoms with E-state index in [-0.39, 0.29) is 12.2 Å². The van der Waals surface area contributed by atoms with Crippen LogP contribution in [0.2, 0.25) is 0 Å². The molecular weight excluding hydrogens is 194 g/mol. The van der Waals surface area contributed by atoms with Crippen LogP contribution in [0.4, 0.5) is 0 Å². The monoisotopic (exact) mass is 207 g/mol. The van der Waals surface area contributed by atoms with Crippen molar-refractivity contribution in [1.29, 1.82) is 0 Å². The van der Waals surface area contributed by atoms with Crippen molar-refractivity contribution in [3.05, 3.63) is 23.3 Å². The highest BCUT2D eigenvalue weighted by Crippen LogP contribution is 2.19. The lowest BCUT2D eigenvalue weighted by molar-refractivity contribution is 0.0849. The van der Waals surface area contributed by atoms with Gasteiger partial charge in [0, 0.05) is 25.5 Å². The number of carbonyl (C=O) groups is 1. The van der Waals surface area contributed by atoms with Gasteiger partial charge < -0.3 is 10.8 Å². The summed E-state index contributed by atoms with van der Waals surface area (Å²) in [4.78, 5) is 19.8. The van der Waals surface area contributed by atoms with Crippen molar-refractivity contribution in [3.63, 3.8) is 0 Å².